The first-order valence-corrected chi connectivity index (χ1v) is 11.7. The van der Waals surface area contributed by atoms with E-state index in [0.29, 0.717) is 17.9 Å². The maximum atomic E-state index is 12.3. The Kier molecular flexibility index (Phi) is 4.95. The van der Waals surface area contributed by atoms with Gasteiger partial charge in [-0.15, -0.1) is 0 Å². The van der Waals surface area contributed by atoms with Crippen molar-refractivity contribution in [2.24, 2.45) is 0 Å². The summed E-state index contributed by atoms with van der Waals surface area (Å²) in [5, 5.41) is 0.971. The molecule has 1 unspecified atom stereocenters. The lowest BCUT2D eigenvalue weighted by molar-refractivity contribution is -0.108. The molecule has 0 spiro atoms. The van der Waals surface area contributed by atoms with Gasteiger partial charge in [-0.05, 0) is 48.6 Å². The molecule has 0 bridgehead atoms. The molecule has 29 heavy (non-hydrogen) atoms. The van der Waals surface area contributed by atoms with Crippen LogP contribution in [0.5, 0.6) is 0 Å². The molecule has 4 nitrogen and oxygen atoms in total. The lowest BCUT2D eigenvalue weighted by Gasteiger charge is -2.16. The van der Waals surface area contributed by atoms with Crippen LogP contribution in [0, 0.1) is 6.92 Å². The quantitative estimate of drug-likeness (QED) is 0.558. The highest BCUT2D eigenvalue weighted by molar-refractivity contribution is 7.90. The number of aldehydes is 1. The van der Waals surface area contributed by atoms with E-state index < -0.39 is 9.84 Å². The standard InChI is InChI=1S/C24H25NO3S/c1-4-18-13-20(29(3,27)28)14-22-21-10-9-19(11-12-26)24(21)25(23(18)22)15-17-7-5-16(2)6-8-17/h4-8,12-14,19H,1,9-11,15H2,2-3H3. The van der Waals surface area contributed by atoms with Gasteiger partial charge in [0, 0.05) is 36.2 Å². The van der Waals surface area contributed by atoms with Crippen LogP contribution in [0.2, 0.25) is 0 Å². The molecule has 1 aliphatic carbocycles. The van der Waals surface area contributed by atoms with E-state index in [1.165, 1.54) is 28.6 Å². The van der Waals surface area contributed by atoms with Gasteiger partial charge in [-0.3, -0.25) is 0 Å². The number of benzene rings is 2. The summed E-state index contributed by atoms with van der Waals surface area (Å²) in [7, 11) is -3.34. The van der Waals surface area contributed by atoms with Gasteiger partial charge >= 0.3 is 0 Å². The van der Waals surface area contributed by atoms with Crippen LogP contribution in [0.15, 0.2) is 47.9 Å². The number of sulfone groups is 1. The number of carbonyl (C=O) groups is 1. The summed E-state index contributed by atoms with van der Waals surface area (Å²) in [6, 6.07) is 11.9. The molecule has 4 rings (SSSR count). The Morgan fingerprint density at radius 1 is 1.21 bits per heavy atom. The Balaban J connectivity index is 2.01. The predicted molar refractivity (Wildman–Crippen MR) is 117 cm³/mol. The summed E-state index contributed by atoms with van der Waals surface area (Å²) in [4.78, 5) is 11.6. The number of fused-ring (bicyclic) bond motifs is 3. The molecule has 0 radical (unpaired) electrons. The van der Waals surface area contributed by atoms with Gasteiger partial charge in [0.15, 0.2) is 9.84 Å². The van der Waals surface area contributed by atoms with E-state index >= 15 is 0 Å². The van der Waals surface area contributed by atoms with E-state index in [0.717, 1.165) is 35.6 Å². The van der Waals surface area contributed by atoms with Crippen molar-refractivity contribution in [1.82, 2.24) is 4.57 Å². The minimum atomic E-state index is -3.34. The smallest absolute Gasteiger partial charge is 0.175 e. The van der Waals surface area contributed by atoms with E-state index in [-0.39, 0.29) is 5.92 Å². The number of aromatic nitrogens is 1. The molecule has 1 heterocycles. The minimum absolute atomic E-state index is 0.166. The summed E-state index contributed by atoms with van der Waals surface area (Å²) in [6.45, 7) is 6.68. The van der Waals surface area contributed by atoms with Gasteiger partial charge in [0.1, 0.15) is 6.29 Å². The fourth-order valence-corrected chi connectivity index (χ4v) is 5.20. The Bertz CT molecular complexity index is 1220. The molecule has 0 N–H and O–H groups in total. The molecular weight excluding hydrogens is 382 g/mol. The molecule has 0 saturated heterocycles. The highest BCUT2D eigenvalue weighted by atomic mass is 32.2. The first-order chi connectivity index (χ1) is 13.8. The zero-order valence-corrected chi connectivity index (χ0v) is 17.6. The fourth-order valence-electron chi connectivity index (χ4n) is 4.52. The summed E-state index contributed by atoms with van der Waals surface area (Å²) >= 11 is 0. The largest absolute Gasteiger partial charge is 0.339 e. The van der Waals surface area contributed by atoms with Gasteiger partial charge in [0.2, 0.25) is 0 Å². The number of aryl methyl sites for hydroxylation is 2. The van der Waals surface area contributed by atoms with Crippen molar-refractivity contribution in [2.75, 3.05) is 6.26 Å². The van der Waals surface area contributed by atoms with Crippen LogP contribution in [0.1, 0.15) is 46.7 Å². The predicted octanol–water partition coefficient (Wildman–Crippen LogP) is 4.66. The molecule has 1 aliphatic rings. The zero-order valence-electron chi connectivity index (χ0n) is 16.8. The normalized spacial score (nSPS) is 16.1. The van der Waals surface area contributed by atoms with Gasteiger partial charge in [-0.25, -0.2) is 8.42 Å². The highest BCUT2D eigenvalue weighted by Crippen LogP contribution is 2.43. The molecule has 0 saturated carbocycles. The van der Waals surface area contributed by atoms with Crippen LogP contribution in [0.3, 0.4) is 0 Å². The van der Waals surface area contributed by atoms with Crippen molar-refractivity contribution < 1.29 is 13.2 Å². The van der Waals surface area contributed by atoms with Crippen molar-refractivity contribution in [3.05, 3.63) is 70.9 Å². The van der Waals surface area contributed by atoms with Gasteiger partial charge < -0.3 is 9.36 Å². The molecular formula is C24H25NO3S. The number of rotatable bonds is 6. The van der Waals surface area contributed by atoms with Crippen LogP contribution >= 0.6 is 0 Å². The van der Waals surface area contributed by atoms with Crippen molar-refractivity contribution >= 4 is 33.1 Å². The number of hydrogen-bond donors (Lipinski definition) is 0. The first-order valence-electron chi connectivity index (χ1n) is 9.84. The fraction of sp³-hybridized carbons (Fsp3) is 0.292. The highest BCUT2D eigenvalue weighted by Gasteiger charge is 2.31. The third-order valence-corrected chi connectivity index (χ3v) is 7.02. The van der Waals surface area contributed by atoms with Gasteiger partial charge in [-0.1, -0.05) is 42.5 Å². The second-order valence-electron chi connectivity index (χ2n) is 7.96. The van der Waals surface area contributed by atoms with Crippen LogP contribution in [0.25, 0.3) is 17.0 Å². The second kappa shape index (κ2) is 7.30. The summed E-state index contributed by atoms with van der Waals surface area (Å²) in [5.74, 6) is 0.166. The Hall–Kier alpha value is -2.66. The van der Waals surface area contributed by atoms with Gasteiger partial charge in [0.05, 0.1) is 10.4 Å². The van der Waals surface area contributed by atoms with Gasteiger partial charge in [0.25, 0.3) is 0 Å². The monoisotopic (exact) mass is 407 g/mol. The third-order valence-electron chi connectivity index (χ3n) is 5.93. The van der Waals surface area contributed by atoms with Crippen molar-refractivity contribution in [3.8, 4) is 0 Å². The average Bonchev–Trinajstić information content (AvgIpc) is 3.22. The SMILES string of the molecule is C=Cc1cc(S(C)(=O)=O)cc2c3c(n(Cc4ccc(C)cc4)c12)C(CC=O)CC3. The van der Waals surface area contributed by atoms with Crippen molar-refractivity contribution in [1.29, 1.82) is 0 Å². The van der Waals surface area contributed by atoms with Crippen LogP contribution in [0.4, 0.5) is 0 Å². The van der Waals surface area contributed by atoms with Crippen LogP contribution in [-0.4, -0.2) is 25.5 Å². The maximum Gasteiger partial charge on any atom is 0.175 e. The van der Waals surface area contributed by atoms with E-state index in [1.54, 1.807) is 18.2 Å². The summed E-state index contributed by atoms with van der Waals surface area (Å²) in [5.41, 5.74) is 6.55. The van der Waals surface area contributed by atoms with Gasteiger partial charge in [-0.2, -0.15) is 0 Å². The molecule has 1 aromatic heterocycles. The Morgan fingerprint density at radius 3 is 2.55 bits per heavy atom. The summed E-state index contributed by atoms with van der Waals surface area (Å²) in [6.07, 6.45) is 6.21. The molecule has 2 aromatic carbocycles. The lowest BCUT2D eigenvalue weighted by atomic mass is 10.0. The average molecular weight is 408 g/mol. The first kappa shape index (κ1) is 19.6. The van der Waals surface area contributed by atoms with E-state index in [1.807, 2.05) is 0 Å². The lowest BCUT2D eigenvalue weighted by Crippen LogP contribution is -2.09. The van der Waals surface area contributed by atoms with Crippen LogP contribution in [-0.2, 0) is 27.6 Å². The van der Waals surface area contributed by atoms with Crippen molar-refractivity contribution in [2.45, 2.75) is 43.5 Å². The van der Waals surface area contributed by atoms with E-state index in [4.69, 9.17) is 0 Å². The van der Waals surface area contributed by atoms with E-state index in [2.05, 4.69) is 42.3 Å². The maximum absolute atomic E-state index is 12.3. The molecule has 0 aliphatic heterocycles. The molecule has 5 heteroatoms. The third kappa shape index (κ3) is 3.44. The van der Waals surface area contributed by atoms with Crippen LogP contribution < -0.4 is 0 Å². The number of carbonyl (C=O) groups excluding carboxylic acids is 1. The topological polar surface area (TPSA) is 56.1 Å². The summed E-state index contributed by atoms with van der Waals surface area (Å²) < 4.78 is 26.8. The zero-order chi connectivity index (χ0) is 20.8. The van der Waals surface area contributed by atoms with E-state index in [9.17, 15) is 13.2 Å². The second-order valence-corrected chi connectivity index (χ2v) is 9.97. The number of nitrogens with zero attached hydrogens (tertiary/aromatic N) is 1. The number of hydrogen-bond acceptors (Lipinski definition) is 3. The molecule has 0 fully saturated rings. The molecule has 1 atom stereocenters. The minimum Gasteiger partial charge on any atom is -0.339 e. The Morgan fingerprint density at radius 2 is 1.93 bits per heavy atom. The van der Waals surface area contributed by atoms with Crippen molar-refractivity contribution in [3.63, 3.8) is 0 Å². The Labute approximate surface area is 171 Å². The molecule has 0 amide bonds. The molecule has 3 aromatic rings. The molecule has 150 valence electrons.